The zero-order valence-corrected chi connectivity index (χ0v) is 10.8. The third-order valence-corrected chi connectivity index (χ3v) is 2.36. The van der Waals surface area contributed by atoms with Gasteiger partial charge in [0.05, 0.1) is 18.4 Å². The number of aliphatic carboxylic acids is 2. The molecule has 19 heavy (non-hydrogen) atoms. The summed E-state index contributed by atoms with van der Waals surface area (Å²) in [5, 5.41) is 28.2. The molecular formula is C11H17N3O5. The Balaban J connectivity index is 4.64. The smallest absolute Gasteiger partial charge is 0.326 e. The van der Waals surface area contributed by atoms with Crippen molar-refractivity contribution in [2.75, 3.05) is 13.1 Å². The summed E-state index contributed by atoms with van der Waals surface area (Å²) in [5.41, 5.74) is 0. The highest BCUT2D eigenvalue weighted by Crippen LogP contribution is 2.01. The molecule has 0 rings (SSSR count). The summed E-state index contributed by atoms with van der Waals surface area (Å²) in [6.45, 7) is 3.74. The van der Waals surface area contributed by atoms with Gasteiger partial charge in [0.25, 0.3) is 0 Å². The highest BCUT2D eigenvalue weighted by molar-refractivity contribution is 5.86. The third kappa shape index (κ3) is 6.26. The fourth-order valence-corrected chi connectivity index (χ4v) is 1.34. The minimum atomic E-state index is -1.49. The van der Waals surface area contributed by atoms with Crippen molar-refractivity contribution in [3.8, 4) is 6.07 Å². The van der Waals surface area contributed by atoms with Gasteiger partial charge in [-0.1, -0.05) is 0 Å². The largest absolute Gasteiger partial charge is 0.481 e. The topological polar surface area (TPSA) is 131 Å². The summed E-state index contributed by atoms with van der Waals surface area (Å²) in [7, 11) is 0. The van der Waals surface area contributed by atoms with E-state index in [1.165, 1.54) is 4.90 Å². The highest BCUT2D eigenvalue weighted by Gasteiger charge is 2.25. The number of urea groups is 1. The molecule has 0 heterocycles. The van der Waals surface area contributed by atoms with Gasteiger partial charge < -0.3 is 20.4 Å². The van der Waals surface area contributed by atoms with E-state index in [0.29, 0.717) is 0 Å². The molecule has 0 saturated carbocycles. The maximum Gasteiger partial charge on any atom is 0.326 e. The number of carbonyl (C=O) groups excluding carboxylic acids is 1. The molecule has 0 fully saturated rings. The lowest BCUT2D eigenvalue weighted by Gasteiger charge is -2.24. The number of carbonyl (C=O) groups is 3. The zero-order valence-electron chi connectivity index (χ0n) is 10.8. The van der Waals surface area contributed by atoms with Crippen LogP contribution in [0.2, 0.25) is 0 Å². The van der Waals surface area contributed by atoms with E-state index in [1.807, 2.05) is 6.07 Å². The second kappa shape index (κ2) is 7.92. The monoisotopic (exact) mass is 271 g/mol. The van der Waals surface area contributed by atoms with E-state index in [0.717, 1.165) is 0 Å². The van der Waals surface area contributed by atoms with Gasteiger partial charge in [0.1, 0.15) is 6.04 Å². The fourth-order valence-electron chi connectivity index (χ4n) is 1.34. The minimum absolute atomic E-state index is 0.151. The van der Waals surface area contributed by atoms with Crippen molar-refractivity contribution >= 4 is 18.0 Å². The minimum Gasteiger partial charge on any atom is -0.481 e. The predicted molar refractivity (Wildman–Crippen MR) is 64.2 cm³/mol. The van der Waals surface area contributed by atoms with Gasteiger partial charge in [0.2, 0.25) is 0 Å². The standard InChI is InChI=1S/C11H17N3O5/c1-3-14(6-7(2)5-12)11(19)13-8(10(17)18)4-9(15)16/h7-8H,3-4,6H2,1-2H3,(H,13,19)(H,15,16)(H,17,18)/t7?,8-/m0/s1. The van der Waals surface area contributed by atoms with Crippen LogP contribution in [0.1, 0.15) is 20.3 Å². The number of carboxylic acid groups (broad SMARTS) is 2. The van der Waals surface area contributed by atoms with Crippen LogP contribution < -0.4 is 5.32 Å². The van der Waals surface area contributed by atoms with Crippen molar-refractivity contribution in [1.82, 2.24) is 10.2 Å². The van der Waals surface area contributed by atoms with Gasteiger partial charge in [0.15, 0.2) is 0 Å². The molecule has 0 aromatic rings. The number of nitrogens with zero attached hydrogens (tertiary/aromatic N) is 2. The lowest BCUT2D eigenvalue weighted by molar-refractivity contribution is -0.145. The summed E-state index contributed by atoms with van der Waals surface area (Å²) < 4.78 is 0. The molecule has 0 saturated heterocycles. The maximum atomic E-state index is 11.8. The second-order valence-corrected chi connectivity index (χ2v) is 4.01. The van der Waals surface area contributed by atoms with Crippen molar-refractivity contribution in [1.29, 1.82) is 5.26 Å². The maximum absolute atomic E-state index is 11.8. The molecule has 106 valence electrons. The SMILES string of the molecule is CCN(CC(C)C#N)C(=O)N[C@@H](CC(=O)O)C(=O)O. The van der Waals surface area contributed by atoms with Gasteiger partial charge in [-0.05, 0) is 13.8 Å². The van der Waals surface area contributed by atoms with E-state index in [-0.39, 0.29) is 13.1 Å². The van der Waals surface area contributed by atoms with Crippen LogP contribution in [0, 0.1) is 17.2 Å². The second-order valence-electron chi connectivity index (χ2n) is 4.01. The van der Waals surface area contributed by atoms with E-state index in [4.69, 9.17) is 15.5 Å². The summed E-state index contributed by atoms with van der Waals surface area (Å²) in [6.07, 6.45) is -0.702. The Hall–Kier alpha value is -2.30. The van der Waals surface area contributed by atoms with Gasteiger partial charge >= 0.3 is 18.0 Å². The first-order chi connectivity index (χ1) is 8.81. The molecular weight excluding hydrogens is 254 g/mol. The normalized spacial score (nSPS) is 12.9. The molecule has 2 amide bonds. The van der Waals surface area contributed by atoms with Crippen LogP contribution in [0.25, 0.3) is 0 Å². The van der Waals surface area contributed by atoms with E-state index in [2.05, 4.69) is 5.32 Å². The van der Waals surface area contributed by atoms with Crippen molar-refractivity contribution in [2.45, 2.75) is 26.3 Å². The first kappa shape index (κ1) is 16.7. The molecule has 0 radical (unpaired) electrons. The van der Waals surface area contributed by atoms with Crippen molar-refractivity contribution in [3.05, 3.63) is 0 Å². The Bertz CT molecular complexity index is 390. The first-order valence-corrected chi connectivity index (χ1v) is 5.71. The lowest BCUT2D eigenvalue weighted by Crippen LogP contribution is -2.49. The number of amides is 2. The van der Waals surface area contributed by atoms with E-state index >= 15 is 0 Å². The summed E-state index contributed by atoms with van der Waals surface area (Å²) in [6, 6.07) is -0.225. The van der Waals surface area contributed by atoms with Crippen LogP contribution in [-0.4, -0.2) is 52.2 Å². The Morgan fingerprint density at radius 1 is 1.37 bits per heavy atom. The third-order valence-electron chi connectivity index (χ3n) is 2.36. The molecule has 0 aliphatic heterocycles. The van der Waals surface area contributed by atoms with Gasteiger partial charge in [-0.15, -0.1) is 0 Å². The molecule has 0 aliphatic carbocycles. The Kier molecular flexibility index (Phi) is 6.96. The number of hydrogen-bond donors (Lipinski definition) is 3. The molecule has 0 aromatic carbocycles. The molecule has 8 heteroatoms. The van der Waals surface area contributed by atoms with Crippen molar-refractivity contribution < 1.29 is 24.6 Å². The van der Waals surface area contributed by atoms with Crippen molar-refractivity contribution in [3.63, 3.8) is 0 Å². The van der Waals surface area contributed by atoms with Gasteiger partial charge in [-0.25, -0.2) is 9.59 Å². The van der Waals surface area contributed by atoms with Gasteiger partial charge in [0, 0.05) is 13.1 Å². The average molecular weight is 271 g/mol. The van der Waals surface area contributed by atoms with Crippen LogP contribution >= 0.6 is 0 Å². The predicted octanol–water partition coefficient (Wildman–Crippen LogP) is 0.105. The number of carboxylic acids is 2. The van der Waals surface area contributed by atoms with Crippen LogP contribution in [0.4, 0.5) is 4.79 Å². The van der Waals surface area contributed by atoms with Crippen LogP contribution in [0.15, 0.2) is 0 Å². The number of nitriles is 1. The van der Waals surface area contributed by atoms with Crippen LogP contribution in [0.5, 0.6) is 0 Å². The highest BCUT2D eigenvalue weighted by atomic mass is 16.4. The number of rotatable bonds is 7. The molecule has 0 aromatic heterocycles. The Labute approximate surface area is 110 Å². The van der Waals surface area contributed by atoms with E-state index in [9.17, 15) is 14.4 Å². The lowest BCUT2D eigenvalue weighted by atomic mass is 10.2. The van der Waals surface area contributed by atoms with Gasteiger partial charge in [-0.3, -0.25) is 4.79 Å². The molecule has 0 aliphatic rings. The Morgan fingerprint density at radius 3 is 2.32 bits per heavy atom. The Morgan fingerprint density at radius 2 is 1.95 bits per heavy atom. The molecule has 0 bridgehead atoms. The first-order valence-electron chi connectivity index (χ1n) is 5.71. The summed E-state index contributed by atoms with van der Waals surface area (Å²) in [4.78, 5) is 34.3. The summed E-state index contributed by atoms with van der Waals surface area (Å²) >= 11 is 0. The van der Waals surface area contributed by atoms with Crippen LogP contribution in [0.3, 0.4) is 0 Å². The molecule has 0 spiro atoms. The average Bonchev–Trinajstić information content (AvgIpc) is 2.33. The summed E-state index contributed by atoms with van der Waals surface area (Å²) in [5.74, 6) is -3.13. The molecule has 8 nitrogen and oxygen atoms in total. The van der Waals surface area contributed by atoms with Crippen LogP contribution in [-0.2, 0) is 9.59 Å². The zero-order chi connectivity index (χ0) is 15.0. The van der Waals surface area contributed by atoms with Gasteiger partial charge in [-0.2, -0.15) is 5.26 Å². The molecule has 2 atom stereocenters. The number of hydrogen-bond acceptors (Lipinski definition) is 4. The quantitative estimate of drug-likeness (QED) is 0.602. The van der Waals surface area contributed by atoms with E-state index < -0.39 is 36.4 Å². The molecule has 3 N–H and O–H groups in total. The van der Waals surface area contributed by atoms with E-state index in [1.54, 1.807) is 13.8 Å². The number of nitrogens with one attached hydrogen (secondary N) is 1. The van der Waals surface area contributed by atoms with Crippen molar-refractivity contribution in [2.24, 2.45) is 5.92 Å². The molecule has 1 unspecified atom stereocenters. The fraction of sp³-hybridized carbons (Fsp3) is 0.636.